The van der Waals surface area contributed by atoms with Crippen LogP contribution in [0.3, 0.4) is 0 Å². The Hall–Kier alpha value is -1.82. The average Bonchev–Trinajstić information content (AvgIpc) is 2.37. The van der Waals surface area contributed by atoms with Gasteiger partial charge in [-0.25, -0.2) is 0 Å². The number of amides is 1. The van der Waals surface area contributed by atoms with Crippen LogP contribution in [0.1, 0.15) is 38.1 Å². The summed E-state index contributed by atoms with van der Waals surface area (Å²) in [7, 11) is 0. The Kier molecular flexibility index (Phi) is 5.17. The Morgan fingerprint density at radius 2 is 2.05 bits per heavy atom. The summed E-state index contributed by atoms with van der Waals surface area (Å²) in [5.74, 6) is -0.231. The van der Waals surface area contributed by atoms with Gasteiger partial charge in [0.15, 0.2) is 0 Å². The van der Waals surface area contributed by atoms with Gasteiger partial charge in [0.1, 0.15) is 0 Å². The molecule has 0 aliphatic carbocycles. The second-order valence-corrected chi connectivity index (χ2v) is 6.53. The summed E-state index contributed by atoms with van der Waals surface area (Å²) >= 11 is 5.83. The SMILES string of the molecule is CC(CNC(=O)c1cc([N+](=O)[O-])cc(Cl)c1N)C(C)(C)C. The highest BCUT2D eigenvalue weighted by molar-refractivity contribution is 6.34. The maximum atomic E-state index is 12.2. The van der Waals surface area contributed by atoms with Gasteiger partial charge in [0, 0.05) is 18.7 Å². The number of nitrogens with one attached hydrogen (secondary N) is 1. The minimum absolute atomic E-state index is 0.00165. The average molecular weight is 314 g/mol. The number of halogens is 1. The molecule has 1 atom stereocenters. The van der Waals surface area contributed by atoms with E-state index >= 15 is 0 Å². The second-order valence-electron chi connectivity index (χ2n) is 6.12. The molecule has 3 N–H and O–H groups in total. The van der Waals surface area contributed by atoms with Crippen molar-refractivity contribution in [2.24, 2.45) is 11.3 Å². The third-order valence-electron chi connectivity index (χ3n) is 3.62. The number of nitrogens with zero attached hydrogens (tertiary/aromatic N) is 1. The number of carbonyl (C=O) groups is 1. The molecular formula is C14H20ClN3O3. The number of nitrogens with two attached hydrogens (primary N) is 1. The first kappa shape index (κ1) is 17.2. The van der Waals surface area contributed by atoms with E-state index in [4.69, 9.17) is 17.3 Å². The highest BCUT2D eigenvalue weighted by Gasteiger charge is 2.22. The molecule has 0 spiro atoms. The van der Waals surface area contributed by atoms with Gasteiger partial charge in [0.05, 0.1) is 21.2 Å². The molecule has 1 amide bonds. The number of nitro groups is 1. The standard InChI is InChI=1S/C14H20ClN3O3/c1-8(14(2,3)4)7-17-13(19)10-5-9(18(20)21)6-11(15)12(10)16/h5-6,8H,7,16H2,1-4H3,(H,17,19). The van der Waals surface area contributed by atoms with Crippen LogP contribution < -0.4 is 11.1 Å². The van der Waals surface area contributed by atoms with Crippen molar-refractivity contribution >= 4 is 28.9 Å². The van der Waals surface area contributed by atoms with Crippen molar-refractivity contribution in [1.82, 2.24) is 5.32 Å². The minimum atomic E-state index is -0.611. The first-order chi connectivity index (χ1) is 9.54. The summed E-state index contributed by atoms with van der Waals surface area (Å²) < 4.78 is 0. The van der Waals surface area contributed by atoms with Crippen LogP contribution in [-0.2, 0) is 0 Å². The monoisotopic (exact) mass is 313 g/mol. The molecule has 1 unspecified atom stereocenters. The van der Waals surface area contributed by atoms with Crippen LogP contribution in [0.5, 0.6) is 0 Å². The lowest BCUT2D eigenvalue weighted by Crippen LogP contribution is -2.34. The Bertz CT molecular complexity index is 567. The van der Waals surface area contributed by atoms with E-state index < -0.39 is 10.8 Å². The first-order valence-electron chi connectivity index (χ1n) is 6.55. The summed E-state index contributed by atoms with van der Waals surface area (Å²) in [6, 6.07) is 2.27. The van der Waals surface area contributed by atoms with Crippen LogP contribution in [0.2, 0.25) is 5.02 Å². The van der Waals surface area contributed by atoms with Crippen molar-refractivity contribution in [1.29, 1.82) is 0 Å². The number of benzene rings is 1. The number of non-ortho nitro benzene ring substituents is 1. The van der Waals surface area contributed by atoms with Gasteiger partial charge in [0.25, 0.3) is 11.6 Å². The number of nitro benzene ring substituents is 1. The lowest BCUT2D eigenvalue weighted by molar-refractivity contribution is -0.384. The Morgan fingerprint density at radius 1 is 1.48 bits per heavy atom. The summed E-state index contributed by atoms with van der Waals surface area (Å²) in [4.78, 5) is 22.4. The van der Waals surface area contributed by atoms with Crippen LogP contribution in [0.25, 0.3) is 0 Å². The van der Waals surface area contributed by atoms with E-state index in [0.717, 1.165) is 12.1 Å². The second kappa shape index (κ2) is 6.30. The third kappa shape index (κ3) is 4.32. The lowest BCUT2D eigenvalue weighted by Gasteiger charge is -2.27. The molecular weight excluding hydrogens is 294 g/mol. The largest absolute Gasteiger partial charge is 0.397 e. The first-order valence-corrected chi connectivity index (χ1v) is 6.93. The zero-order valence-electron chi connectivity index (χ0n) is 12.6. The molecule has 0 saturated carbocycles. The van der Waals surface area contributed by atoms with Gasteiger partial charge in [-0.3, -0.25) is 14.9 Å². The number of rotatable bonds is 4. The predicted octanol–water partition coefficient (Wildman–Crippen LogP) is 3.24. The normalized spacial score (nSPS) is 12.8. The van der Waals surface area contributed by atoms with E-state index in [2.05, 4.69) is 26.1 Å². The molecule has 0 aliphatic rings. The summed E-state index contributed by atoms with van der Waals surface area (Å²) in [5, 5.41) is 13.5. The molecule has 1 aromatic carbocycles. The molecule has 1 aromatic rings. The molecule has 116 valence electrons. The summed E-state index contributed by atoms with van der Waals surface area (Å²) in [6.07, 6.45) is 0. The molecule has 0 heterocycles. The van der Waals surface area contributed by atoms with E-state index in [-0.39, 0.29) is 33.3 Å². The number of anilines is 1. The molecule has 0 saturated heterocycles. The highest BCUT2D eigenvalue weighted by atomic mass is 35.5. The van der Waals surface area contributed by atoms with Crippen molar-refractivity contribution in [2.75, 3.05) is 12.3 Å². The van der Waals surface area contributed by atoms with E-state index in [1.54, 1.807) is 0 Å². The molecule has 0 radical (unpaired) electrons. The number of carbonyl (C=O) groups excluding carboxylic acids is 1. The Labute approximate surface area is 128 Å². The maximum absolute atomic E-state index is 12.2. The topological polar surface area (TPSA) is 98.3 Å². The third-order valence-corrected chi connectivity index (χ3v) is 3.93. The fraction of sp³-hybridized carbons (Fsp3) is 0.500. The van der Waals surface area contributed by atoms with Crippen LogP contribution in [0.15, 0.2) is 12.1 Å². The summed E-state index contributed by atoms with van der Waals surface area (Å²) in [5.41, 5.74) is 5.58. The van der Waals surface area contributed by atoms with Crippen LogP contribution >= 0.6 is 11.6 Å². The van der Waals surface area contributed by atoms with E-state index in [1.165, 1.54) is 0 Å². The zero-order chi connectivity index (χ0) is 16.4. The van der Waals surface area contributed by atoms with Crippen molar-refractivity contribution in [2.45, 2.75) is 27.7 Å². The maximum Gasteiger partial charge on any atom is 0.271 e. The van der Waals surface area contributed by atoms with Crippen molar-refractivity contribution < 1.29 is 9.72 Å². The number of nitrogen functional groups attached to an aromatic ring is 1. The molecule has 6 nitrogen and oxygen atoms in total. The Balaban J connectivity index is 2.95. The van der Waals surface area contributed by atoms with Gasteiger partial charge >= 0.3 is 0 Å². The quantitative estimate of drug-likeness (QED) is 0.506. The van der Waals surface area contributed by atoms with E-state index in [9.17, 15) is 14.9 Å². The highest BCUT2D eigenvalue weighted by Crippen LogP contribution is 2.29. The molecule has 7 heteroatoms. The number of hydrogen-bond donors (Lipinski definition) is 2. The van der Waals surface area contributed by atoms with E-state index in [0.29, 0.717) is 6.54 Å². The van der Waals surface area contributed by atoms with Gasteiger partial charge in [-0.2, -0.15) is 0 Å². The molecule has 21 heavy (non-hydrogen) atoms. The minimum Gasteiger partial charge on any atom is -0.397 e. The molecule has 0 fully saturated rings. The zero-order valence-corrected chi connectivity index (χ0v) is 13.3. The molecule has 0 bridgehead atoms. The fourth-order valence-electron chi connectivity index (χ4n) is 1.54. The summed E-state index contributed by atoms with van der Waals surface area (Å²) in [6.45, 7) is 8.68. The smallest absolute Gasteiger partial charge is 0.271 e. The molecule has 0 aromatic heterocycles. The lowest BCUT2D eigenvalue weighted by atomic mass is 9.82. The predicted molar refractivity (Wildman–Crippen MR) is 83.5 cm³/mol. The van der Waals surface area contributed by atoms with Crippen LogP contribution in [0.4, 0.5) is 11.4 Å². The van der Waals surface area contributed by atoms with Gasteiger partial charge in [-0.15, -0.1) is 0 Å². The molecule has 0 aliphatic heterocycles. The van der Waals surface area contributed by atoms with E-state index in [1.807, 2.05) is 6.92 Å². The Morgan fingerprint density at radius 3 is 2.52 bits per heavy atom. The van der Waals surface area contributed by atoms with Gasteiger partial charge < -0.3 is 11.1 Å². The van der Waals surface area contributed by atoms with Gasteiger partial charge in [0.2, 0.25) is 0 Å². The van der Waals surface area contributed by atoms with Gasteiger partial charge in [-0.05, 0) is 11.3 Å². The fourth-order valence-corrected chi connectivity index (χ4v) is 1.76. The van der Waals surface area contributed by atoms with Crippen molar-refractivity contribution in [3.8, 4) is 0 Å². The molecule has 1 rings (SSSR count). The number of hydrogen-bond acceptors (Lipinski definition) is 4. The van der Waals surface area contributed by atoms with Crippen molar-refractivity contribution in [3.05, 3.63) is 32.8 Å². The van der Waals surface area contributed by atoms with Crippen LogP contribution in [0, 0.1) is 21.4 Å². The van der Waals surface area contributed by atoms with Crippen molar-refractivity contribution in [3.63, 3.8) is 0 Å². The van der Waals surface area contributed by atoms with Crippen LogP contribution in [-0.4, -0.2) is 17.4 Å². The van der Waals surface area contributed by atoms with Gasteiger partial charge in [-0.1, -0.05) is 39.3 Å².